The standard InChI is InChI=1S/2C9H18O/c2*1-2-3-4-5-6-7-8-9-10/h2*6-7,10H,2-5,8-9H2,1H3. The maximum Gasteiger partial charge on any atom is 0.0465 e. The Kier molecular flexibility index (Phi) is 25.5. The van der Waals surface area contributed by atoms with Gasteiger partial charge in [0.05, 0.1) is 0 Å². The maximum atomic E-state index is 8.42. The van der Waals surface area contributed by atoms with Crippen molar-refractivity contribution in [3.8, 4) is 0 Å². The molecule has 120 valence electrons. The first-order valence-corrected chi connectivity index (χ1v) is 8.35. The molecule has 0 aromatic rings. The summed E-state index contributed by atoms with van der Waals surface area (Å²) in [4.78, 5) is 0. The van der Waals surface area contributed by atoms with E-state index in [-0.39, 0.29) is 13.2 Å². The van der Waals surface area contributed by atoms with E-state index in [0.717, 1.165) is 12.8 Å². The molecule has 0 aliphatic carbocycles. The van der Waals surface area contributed by atoms with Gasteiger partial charge in [-0.25, -0.2) is 0 Å². The third-order valence-electron chi connectivity index (χ3n) is 2.87. The molecule has 2 heteroatoms. The van der Waals surface area contributed by atoms with E-state index in [0.29, 0.717) is 0 Å². The maximum absolute atomic E-state index is 8.42. The second-order valence-electron chi connectivity index (χ2n) is 4.96. The average Bonchev–Trinajstić information content (AvgIpc) is 2.47. The number of unbranched alkanes of at least 4 members (excludes halogenated alkanes) is 6. The zero-order valence-electron chi connectivity index (χ0n) is 13.7. The lowest BCUT2D eigenvalue weighted by atomic mass is 10.2. The van der Waals surface area contributed by atoms with Crippen LogP contribution in [0.1, 0.15) is 78.1 Å². The van der Waals surface area contributed by atoms with Crippen LogP contribution < -0.4 is 0 Å². The predicted molar refractivity (Wildman–Crippen MR) is 90.0 cm³/mol. The van der Waals surface area contributed by atoms with Crippen LogP contribution in [0.25, 0.3) is 0 Å². The fraction of sp³-hybridized carbons (Fsp3) is 0.778. The molecule has 0 fully saturated rings. The van der Waals surface area contributed by atoms with Gasteiger partial charge in [0.1, 0.15) is 0 Å². The van der Waals surface area contributed by atoms with Gasteiger partial charge in [0.25, 0.3) is 0 Å². The highest BCUT2D eigenvalue weighted by Gasteiger charge is 1.81. The summed E-state index contributed by atoms with van der Waals surface area (Å²) in [5.74, 6) is 0. The number of rotatable bonds is 12. The van der Waals surface area contributed by atoms with E-state index in [1.807, 2.05) is 0 Å². The lowest BCUT2D eigenvalue weighted by Crippen LogP contribution is -1.76. The van der Waals surface area contributed by atoms with Gasteiger partial charge >= 0.3 is 0 Å². The molecule has 2 N–H and O–H groups in total. The minimum absolute atomic E-state index is 0.282. The van der Waals surface area contributed by atoms with Crippen molar-refractivity contribution >= 4 is 0 Å². The minimum atomic E-state index is 0.282. The average molecular weight is 284 g/mol. The summed E-state index contributed by atoms with van der Waals surface area (Å²) in [5, 5.41) is 16.8. The molecule has 0 atom stereocenters. The summed E-state index contributed by atoms with van der Waals surface area (Å²) in [7, 11) is 0. The smallest absolute Gasteiger partial charge is 0.0465 e. The van der Waals surface area contributed by atoms with Crippen molar-refractivity contribution in [2.45, 2.75) is 78.1 Å². The number of aliphatic hydroxyl groups is 2. The van der Waals surface area contributed by atoms with Gasteiger partial charge in [0.2, 0.25) is 0 Å². The highest BCUT2D eigenvalue weighted by molar-refractivity contribution is 4.81. The van der Waals surface area contributed by atoms with Crippen molar-refractivity contribution in [1.29, 1.82) is 0 Å². The molecule has 0 aromatic heterocycles. The third-order valence-corrected chi connectivity index (χ3v) is 2.87. The molecule has 0 aliphatic rings. The summed E-state index contributed by atoms with van der Waals surface area (Å²) < 4.78 is 0. The second kappa shape index (κ2) is 23.5. The van der Waals surface area contributed by atoms with Crippen LogP contribution in [0.2, 0.25) is 0 Å². The van der Waals surface area contributed by atoms with Crippen LogP contribution in [-0.4, -0.2) is 23.4 Å². The second-order valence-corrected chi connectivity index (χ2v) is 4.96. The molecule has 0 rings (SSSR count). The first-order chi connectivity index (χ1) is 9.83. The molecule has 0 aliphatic heterocycles. The highest BCUT2D eigenvalue weighted by Crippen LogP contribution is 2.00. The van der Waals surface area contributed by atoms with E-state index < -0.39 is 0 Å². The molecule has 0 heterocycles. The number of aliphatic hydroxyl groups excluding tert-OH is 2. The Hall–Kier alpha value is -0.600. The fourth-order valence-corrected chi connectivity index (χ4v) is 1.64. The van der Waals surface area contributed by atoms with Crippen LogP contribution >= 0.6 is 0 Å². The van der Waals surface area contributed by atoms with Crippen molar-refractivity contribution in [3.63, 3.8) is 0 Å². The third kappa shape index (κ3) is 26.1. The zero-order chi connectivity index (χ0) is 15.3. The zero-order valence-corrected chi connectivity index (χ0v) is 13.7. The van der Waals surface area contributed by atoms with Crippen LogP contribution in [0.5, 0.6) is 0 Å². The van der Waals surface area contributed by atoms with Crippen molar-refractivity contribution < 1.29 is 10.2 Å². The van der Waals surface area contributed by atoms with Gasteiger partial charge in [-0.05, 0) is 38.5 Å². The molecule has 0 aromatic carbocycles. The normalized spacial score (nSPS) is 11.0. The minimum Gasteiger partial charge on any atom is -0.396 e. The van der Waals surface area contributed by atoms with Crippen molar-refractivity contribution in [2.24, 2.45) is 0 Å². The largest absolute Gasteiger partial charge is 0.396 e. The molecule has 0 saturated heterocycles. The number of hydrogen-bond donors (Lipinski definition) is 2. The molecule has 2 nitrogen and oxygen atoms in total. The van der Waals surface area contributed by atoms with Crippen LogP contribution in [0.3, 0.4) is 0 Å². The Morgan fingerprint density at radius 3 is 1.20 bits per heavy atom. The van der Waals surface area contributed by atoms with Gasteiger partial charge in [0.15, 0.2) is 0 Å². The number of hydrogen-bond acceptors (Lipinski definition) is 2. The van der Waals surface area contributed by atoms with Crippen molar-refractivity contribution in [1.82, 2.24) is 0 Å². The summed E-state index contributed by atoms with van der Waals surface area (Å²) >= 11 is 0. The van der Waals surface area contributed by atoms with E-state index >= 15 is 0 Å². The quantitative estimate of drug-likeness (QED) is 0.390. The Bertz CT molecular complexity index is 176. The van der Waals surface area contributed by atoms with Gasteiger partial charge < -0.3 is 10.2 Å². The first-order valence-electron chi connectivity index (χ1n) is 8.35. The highest BCUT2D eigenvalue weighted by atomic mass is 16.3. The summed E-state index contributed by atoms with van der Waals surface area (Å²) in [6.07, 6.45) is 20.2. The molecular formula is C18H36O2. The lowest BCUT2D eigenvalue weighted by molar-refractivity contribution is 0.302. The van der Waals surface area contributed by atoms with Crippen LogP contribution in [-0.2, 0) is 0 Å². The van der Waals surface area contributed by atoms with Crippen LogP contribution in [0.15, 0.2) is 24.3 Å². The molecule has 20 heavy (non-hydrogen) atoms. The van der Waals surface area contributed by atoms with Crippen LogP contribution in [0, 0.1) is 0 Å². The fourth-order valence-electron chi connectivity index (χ4n) is 1.64. The summed E-state index contributed by atoms with van der Waals surface area (Å²) in [6, 6.07) is 0. The molecule has 0 amide bonds. The molecule has 0 unspecified atom stereocenters. The van der Waals surface area contributed by atoms with Gasteiger partial charge in [-0.2, -0.15) is 0 Å². The molecule has 0 radical (unpaired) electrons. The SMILES string of the molecule is CCCCCC=CCCO.CCCCCC=CCCO. The van der Waals surface area contributed by atoms with Gasteiger partial charge in [-0.15, -0.1) is 0 Å². The van der Waals surface area contributed by atoms with E-state index in [1.165, 1.54) is 51.4 Å². The predicted octanol–water partition coefficient (Wildman–Crippen LogP) is 5.01. The summed E-state index contributed by atoms with van der Waals surface area (Å²) in [6.45, 7) is 4.98. The topological polar surface area (TPSA) is 40.5 Å². The van der Waals surface area contributed by atoms with Crippen molar-refractivity contribution in [2.75, 3.05) is 13.2 Å². The van der Waals surface area contributed by atoms with Gasteiger partial charge in [-0.3, -0.25) is 0 Å². The van der Waals surface area contributed by atoms with E-state index in [4.69, 9.17) is 10.2 Å². The van der Waals surface area contributed by atoms with Gasteiger partial charge in [-0.1, -0.05) is 63.8 Å². The Morgan fingerprint density at radius 2 is 0.900 bits per heavy atom. The lowest BCUT2D eigenvalue weighted by Gasteiger charge is -1.90. The van der Waals surface area contributed by atoms with E-state index in [2.05, 4.69) is 38.2 Å². The number of allylic oxidation sites excluding steroid dienone is 2. The summed E-state index contributed by atoms with van der Waals surface area (Å²) in [5.41, 5.74) is 0. The first kappa shape index (κ1) is 21.7. The van der Waals surface area contributed by atoms with E-state index in [1.54, 1.807) is 0 Å². The molecule has 0 saturated carbocycles. The molecule has 0 bridgehead atoms. The Morgan fingerprint density at radius 1 is 0.550 bits per heavy atom. The van der Waals surface area contributed by atoms with Gasteiger partial charge in [0, 0.05) is 13.2 Å². The van der Waals surface area contributed by atoms with E-state index in [9.17, 15) is 0 Å². The molecule has 0 spiro atoms. The molecular weight excluding hydrogens is 248 g/mol. The Labute approximate surface area is 126 Å². The Balaban J connectivity index is 0. The van der Waals surface area contributed by atoms with Crippen molar-refractivity contribution in [3.05, 3.63) is 24.3 Å². The van der Waals surface area contributed by atoms with Crippen LogP contribution in [0.4, 0.5) is 0 Å². The monoisotopic (exact) mass is 284 g/mol.